The van der Waals surface area contributed by atoms with Gasteiger partial charge < -0.3 is 15.0 Å². The van der Waals surface area contributed by atoms with E-state index in [1.807, 2.05) is 39.0 Å². The number of benzene rings is 2. The molecule has 2 atom stereocenters. The summed E-state index contributed by atoms with van der Waals surface area (Å²) in [6.07, 6.45) is 2.48. The molecule has 31 heavy (non-hydrogen) atoms. The third-order valence-corrected chi connectivity index (χ3v) is 5.95. The number of carbonyl (C=O) groups is 2. The molecule has 0 spiro atoms. The van der Waals surface area contributed by atoms with Gasteiger partial charge in [0.15, 0.2) is 0 Å². The summed E-state index contributed by atoms with van der Waals surface area (Å²) in [5, 5.41) is 3.16. The molecule has 1 aliphatic heterocycles. The van der Waals surface area contributed by atoms with Gasteiger partial charge in [0.1, 0.15) is 5.60 Å². The fraction of sp³-hybridized carbons (Fsp3) is 0.462. The molecular formula is C26H32N2O3. The van der Waals surface area contributed by atoms with Crippen molar-refractivity contribution in [2.45, 2.75) is 57.6 Å². The van der Waals surface area contributed by atoms with Crippen LogP contribution >= 0.6 is 0 Å². The minimum absolute atomic E-state index is 0.0471. The van der Waals surface area contributed by atoms with E-state index < -0.39 is 5.60 Å². The summed E-state index contributed by atoms with van der Waals surface area (Å²) >= 11 is 0. The van der Waals surface area contributed by atoms with Crippen molar-refractivity contribution in [3.63, 3.8) is 0 Å². The molecule has 2 fully saturated rings. The summed E-state index contributed by atoms with van der Waals surface area (Å²) in [7, 11) is 0. The maximum atomic E-state index is 13.2. The van der Waals surface area contributed by atoms with E-state index in [9.17, 15) is 9.59 Å². The second-order valence-corrected chi connectivity index (χ2v) is 9.70. The van der Waals surface area contributed by atoms with Gasteiger partial charge in [-0.2, -0.15) is 0 Å². The molecular weight excluding hydrogens is 388 g/mol. The zero-order valence-electron chi connectivity index (χ0n) is 18.6. The summed E-state index contributed by atoms with van der Waals surface area (Å²) in [5.41, 5.74) is 2.91. The number of hydrogen-bond acceptors (Lipinski definition) is 3. The lowest BCUT2D eigenvalue weighted by Gasteiger charge is -2.38. The topological polar surface area (TPSA) is 58.6 Å². The second kappa shape index (κ2) is 8.74. The van der Waals surface area contributed by atoms with E-state index in [2.05, 4.69) is 41.7 Å². The van der Waals surface area contributed by atoms with Crippen LogP contribution in [0.2, 0.25) is 0 Å². The standard InChI is InChI=1S/C26H32N2O3/c1-26(2,3)31-25(30)28-15-14-22(23(17-28)24(29)27-21-12-13-21)20-11-7-10-19(16-20)18-8-5-4-6-9-18/h4-11,16,21-23H,12-15,17H2,1-3H3,(H,27,29)/t22-,23+/m1/s1. The normalized spacial score (nSPS) is 21.5. The SMILES string of the molecule is CC(C)(C)OC(=O)N1CC[C@H](c2cccc(-c3ccccc3)c2)[C@@H](C(=O)NC2CC2)C1. The second-order valence-electron chi connectivity index (χ2n) is 9.70. The molecule has 2 aromatic rings. The van der Waals surface area contributed by atoms with Crippen LogP contribution in [0.3, 0.4) is 0 Å². The highest BCUT2D eigenvalue weighted by molar-refractivity contribution is 5.82. The predicted octanol–water partition coefficient (Wildman–Crippen LogP) is 4.97. The summed E-state index contributed by atoms with van der Waals surface area (Å²) < 4.78 is 5.57. The van der Waals surface area contributed by atoms with Gasteiger partial charge in [-0.05, 0) is 62.6 Å². The summed E-state index contributed by atoms with van der Waals surface area (Å²) in [6, 6.07) is 19.0. The number of nitrogens with one attached hydrogen (secondary N) is 1. The number of piperidine rings is 1. The van der Waals surface area contributed by atoms with E-state index in [0.717, 1.165) is 36.0 Å². The van der Waals surface area contributed by atoms with Crippen molar-refractivity contribution in [1.29, 1.82) is 0 Å². The smallest absolute Gasteiger partial charge is 0.410 e. The number of carbonyl (C=O) groups excluding carboxylic acids is 2. The van der Waals surface area contributed by atoms with Crippen molar-refractivity contribution in [3.05, 3.63) is 60.2 Å². The molecule has 5 heteroatoms. The Hall–Kier alpha value is -2.82. The highest BCUT2D eigenvalue weighted by Crippen LogP contribution is 2.36. The molecule has 1 heterocycles. The van der Waals surface area contributed by atoms with Crippen LogP contribution in [0.15, 0.2) is 54.6 Å². The van der Waals surface area contributed by atoms with Crippen LogP contribution in [0, 0.1) is 5.92 Å². The lowest BCUT2D eigenvalue weighted by Crippen LogP contribution is -2.50. The molecule has 1 saturated carbocycles. The highest BCUT2D eigenvalue weighted by Gasteiger charge is 2.39. The molecule has 2 amide bonds. The molecule has 4 rings (SSSR count). The number of likely N-dealkylation sites (tertiary alicyclic amines) is 1. The molecule has 0 radical (unpaired) electrons. The van der Waals surface area contributed by atoms with E-state index in [-0.39, 0.29) is 23.8 Å². The fourth-order valence-corrected chi connectivity index (χ4v) is 4.22. The van der Waals surface area contributed by atoms with Gasteiger partial charge in [-0.3, -0.25) is 4.79 Å². The minimum atomic E-state index is -0.552. The van der Waals surface area contributed by atoms with E-state index in [4.69, 9.17) is 4.74 Å². The van der Waals surface area contributed by atoms with Crippen LogP contribution in [0.4, 0.5) is 4.79 Å². The van der Waals surface area contributed by atoms with Gasteiger partial charge in [-0.25, -0.2) is 4.79 Å². The third kappa shape index (κ3) is 5.46. The first-order chi connectivity index (χ1) is 14.8. The highest BCUT2D eigenvalue weighted by atomic mass is 16.6. The van der Waals surface area contributed by atoms with Gasteiger partial charge >= 0.3 is 6.09 Å². The molecule has 164 valence electrons. The Bertz CT molecular complexity index is 931. The number of nitrogens with zero attached hydrogens (tertiary/aromatic N) is 1. The van der Waals surface area contributed by atoms with E-state index in [1.54, 1.807) is 4.90 Å². The Labute approximate surface area is 184 Å². The molecule has 2 aromatic carbocycles. The minimum Gasteiger partial charge on any atom is -0.444 e. The maximum absolute atomic E-state index is 13.2. The van der Waals surface area contributed by atoms with Crippen molar-refractivity contribution >= 4 is 12.0 Å². The van der Waals surface area contributed by atoms with Crippen molar-refractivity contribution < 1.29 is 14.3 Å². The Morgan fingerprint density at radius 3 is 2.35 bits per heavy atom. The molecule has 1 saturated heterocycles. The monoisotopic (exact) mass is 420 g/mol. The average Bonchev–Trinajstić information content (AvgIpc) is 3.57. The first-order valence-corrected chi connectivity index (χ1v) is 11.2. The van der Waals surface area contributed by atoms with Crippen LogP contribution in [0.1, 0.15) is 51.5 Å². The Morgan fingerprint density at radius 2 is 1.68 bits per heavy atom. The summed E-state index contributed by atoms with van der Waals surface area (Å²) in [5.74, 6) is -0.167. The van der Waals surface area contributed by atoms with Crippen LogP contribution in [0.5, 0.6) is 0 Å². The van der Waals surface area contributed by atoms with E-state index in [1.165, 1.54) is 0 Å². The molecule has 5 nitrogen and oxygen atoms in total. The van der Waals surface area contributed by atoms with Crippen LogP contribution in [-0.4, -0.2) is 41.6 Å². The number of ether oxygens (including phenoxy) is 1. The fourth-order valence-electron chi connectivity index (χ4n) is 4.22. The predicted molar refractivity (Wildman–Crippen MR) is 122 cm³/mol. The maximum Gasteiger partial charge on any atom is 0.410 e. The number of rotatable bonds is 4. The first kappa shape index (κ1) is 21.4. The van der Waals surface area contributed by atoms with Gasteiger partial charge in [-0.15, -0.1) is 0 Å². The first-order valence-electron chi connectivity index (χ1n) is 11.2. The zero-order chi connectivity index (χ0) is 22.0. The van der Waals surface area contributed by atoms with E-state index >= 15 is 0 Å². The molecule has 1 aliphatic carbocycles. The molecule has 0 bridgehead atoms. The average molecular weight is 421 g/mol. The summed E-state index contributed by atoms with van der Waals surface area (Å²) in [4.78, 5) is 27.5. The van der Waals surface area contributed by atoms with Gasteiger partial charge in [0.05, 0.1) is 5.92 Å². The van der Waals surface area contributed by atoms with Gasteiger partial charge in [-0.1, -0.05) is 54.6 Å². The van der Waals surface area contributed by atoms with Gasteiger partial charge in [0, 0.05) is 19.1 Å². The Morgan fingerprint density at radius 1 is 0.968 bits per heavy atom. The molecule has 1 N–H and O–H groups in total. The quantitative estimate of drug-likeness (QED) is 0.759. The van der Waals surface area contributed by atoms with Crippen molar-refractivity contribution in [3.8, 4) is 11.1 Å². The Kier molecular flexibility index (Phi) is 6.03. The van der Waals surface area contributed by atoms with Gasteiger partial charge in [0.25, 0.3) is 0 Å². The molecule has 0 unspecified atom stereocenters. The van der Waals surface area contributed by atoms with Crippen LogP contribution < -0.4 is 5.32 Å². The van der Waals surface area contributed by atoms with Crippen molar-refractivity contribution in [2.75, 3.05) is 13.1 Å². The lowest BCUT2D eigenvalue weighted by molar-refractivity contribution is -0.127. The van der Waals surface area contributed by atoms with Crippen LogP contribution in [0.25, 0.3) is 11.1 Å². The van der Waals surface area contributed by atoms with E-state index in [0.29, 0.717) is 19.1 Å². The summed E-state index contributed by atoms with van der Waals surface area (Å²) in [6.45, 7) is 6.56. The third-order valence-electron chi connectivity index (χ3n) is 5.95. The van der Waals surface area contributed by atoms with Crippen molar-refractivity contribution in [2.24, 2.45) is 5.92 Å². The lowest BCUT2D eigenvalue weighted by atomic mass is 9.79. The Balaban J connectivity index is 1.57. The van der Waals surface area contributed by atoms with Crippen LogP contribution in [-0.2, 0) is 9.53 Å². The molecule has 2 aliphatic rings. The zero-order valence-corrected chi connectivity index (χ0v) is 18.6. The number of hydrogen-bond donors (Lipinski definition) is 1. The largest absolute Gasteiger partial charge is 0.444 e. The van der Waals surface area contributed by atoms with Gasteiger partial charge in [0.2, 0.25) is 5.91 Å². The number of amides is 2. The van der Waals surface area contributed by atoms with Crippen molar-refractivity contribution in [1.82, 2.24) is 10.2 Å². The molecule has 0 aromatic heterocycles.